The number of para-hydroxylation sites is 1. The first-order chi connectivity index (χ1) is 9.89. The number of likely N-dealkylation sites (tertiary alicyclic amines) is 1. The van der Waals surface area contributed by atoms with Gasteiger partial charge in [-0.25, -0.2) is 14.0 Å². The lowest BCUT2D eigenvalue weighted by Gasteiger charge is -2.48. The van der Waals surface area contributed by atoms with E-state index < -0.39 is 17.7 Å². The number of nitrogens with zero attached hydrogens (tertiary/aromatic N) is 2. The zero-order valence-corrected chi connectivity index (χ0v) is 11.6. The molecule has 0 aliphatic carbocycles. The second-order valence-corrected chi connectivity index (χ2v) is 5.02. The summed E-state index contributed by atoms with van der Waals surface area (Å²) in [6.07, 6.45) is -2.40. The van der Waals surface area contributed by atoms with E-state index in [1.807, 2.05) is 6.07 Å². The fourth-order valence-electron chi connectivity index (χ4n) is 2.35. The van der Waals surface area contributed by atoms with Gasteiger partial charge < -0.3 is 15.1 Å². The third-order valence-electron chi connectivity index (χ3n) is 3.50. The van der Waals surface area contributed by atoms with Gasteiger partial charge in [-0.3, -0.25) is 4.90 Å². The number of halogens is 1. The Morgan fingerprint density at radius 3 is 2.43 bits per heavy atom. The number of rotatable bonds is 4. The van der Waals surface area contributed by atoms with Crippen LogP contribution in [0.5, 0.6) is 0 Å². The molecule has 1 aliphatic heterocycles. The van der Waals surface area contributed by atoms with Crippen molar-refractivity contribution in [2.45, 2.75) is 18.7 Å². The second kappa shape index (κ2) is 5.69. The molecule has 2 N–H and O–H groups in total. The minimum absolute atomic E-state index is 0.331. The van der Waals surface area contributed by atoms with Crippen molar-refractivity contribution in [2.75, 3.05) is 24.5 Å². The third kappa shape index (κ3) is 2.82. The van der Waals surface area contributed by atoms with Crippen molar-refractivity contribution >= 4 is 17.7 Å². The molecule has 1 atom stereocenters. The van der Waals surface area contributed by atoms with Crippen LogP contribution in [0.25, 0.3) is 0 Å². The van der Waals surface area contributed by atoms with Crippen LogP contribution in [0.1, 0.15) is 6.92 Å². The predicted molar refractivity (Wildman–Crippen MR) is 73.9 cm³/mol. The number of hydrogen-bond donors (Lipinski definition) is 2. The molecule has 0 spiro atoms. The molecule has 1 aliphatic rings. The Morgan fingerprint density at radius 1 is 1.38 bits per heavy atom. The molecule has 6 nitrogen and oxygen atoms in total. The summed E-state index contributed by atoms with van der Waals surface area (Å²) >= 11 is 0. The molecule has 1 fully saturated rings. The Hall–Kier alpha value is -2.15. The first-order valence-corrected chi connectivity index (χ1v) is 6.60. The highest BCUT2D eigenvalue weighted by Crippen LogP contribution is 2.29. The Kier molecular flexibility index (Phi) is 4.13. The standard InChI is InChI=1S/C14H17FN2O4/c1-2-17(10-6-4-3-5-7-10)13(20)16-8-14(21,9-16)11(15)12(18)19/h3-7,11,21H,2,8-9H2,1H3,(H,18,19). The number of alkyl halides is 1. The van der Waals surface area contributed by atoms with Gasteiger partial charge >= 0.3 is 12.0 Å². The lowest BCUT2D eigenvalue weighted by molar-refractivity contribution is -0.169. The van der Waals surface area contributed by atoms with E-state index in [4.69, 9.17) is 5.11 Å². The molecule has 2 rings (SSSR count). The third-order valence-corrected chi connectivity index (χ3v) is 3.50. The van der Waals surface area contributed by atoms with Crippen LogP contribution in [0.4, 0.5) is 14.9 Å². The number of carboxylic acids is 1. The van der Waals surface area contributed by atoms with E-state index in [0.717, 1.165) is 0 Å². The van der Waals surface area contributed by atoms with E-state index in [-0.39, 0.29) is 19.1 Å². The van der Waals surface area contributed by atoms with Crippen LogP contribution in [-0.4, -0.2) is 58.5 Å². The first kappa shape index (κ1) is 15.2. The number of benzene rings is 1. The largest absolute Gasteiger partial charge is 0.479 e. The number of aliphatic hydroxyl groups is 1. The smallest absolute Gasteiger partial charge is 0.341 e. The number of anilines is 1. The summed E-state index contributed by atoms with van der Waals surface area (Å²) in [7, 11) is 0. The number of hydrogen-bond acceptors (Lipinski definition) is 3. The van der Waals surface area contributed by atoms with Gasteiger partial charge in [0.05, 0.1) is 13.1 Å². The van der Waals surface area contributed by atoms with Gasteiger partial charge in [0.1, 0.15) is 5.60 Å². The summed E-state index contributed by atoms with van der Waals surface area (Å²) in [5, 5.41) is 18.4. The lowest BCUT2D eigenvalue weighted by atomic mass is 9.89. The fourth-order valence-corrected chi connectivity index (χ4v) is 2.35. The topological polar surface area (TPSA) is 81.1 Å². The second-order valence-electron chi connectivity index (χ2n) is 5.02. The van der Waals surface area contributed by atoms with Gasteiger partial charge in [-0.2, -0.15) is 0 Å². The molecule has 7 heteroatoms. The van der Waals surface area contributed by atoms with Gasteiger partial charge in [0, 0.05) is 12.2 Å². The summed E-state index contributed by atoms with van der Waals surface area (Å²) in [6, 6.07) is 8.56. The maximum absolute atomic E-state index is 13.4. The van der Waals surface area contributed by atoms with E-state index >= 15 is 0 Å². The Labute approximate surface area is 121 Å². The number of urea groups is 1. The summed E-state index contributed by atoms with van der Waals surface area (Å²) < 4.78 is 13.4. The van der Waals surface area contributed by atoms with E-state index in [1.54, 1.807) is 31.2 Å². The molecule has 2 amide bonds. The molecular weight excluding hydrogens is 279 g/mol. The highest BCUT2D eigenvalue weighted by Gasteiger charge is 2.53. The number of carbonyl (C=O) groups is 2. The van der Waals surface area contributed by atoms with Crippen LogP contribution in [0.2, 0.25) is 0 Å². The summed E-state index contributed by atoms with van der Waals surface area (Å²) in [5.74, 6) is -1.72. The first-order valence-electron chi connectivity index (χ1n) is 6.60. The summed E-state index contributed by atoms with van der Waals surface area (Å²) in [4.78, 5) is 25.6. The number of carbonyl (C=O) groups excluding carboxylic acids is 1. The molecule has 0 radical (unpaired) electrons. The van der Waals surface area contributed by atoms with Crippen molar-refractivity contribution in [3.05, 3.63) is 30.3 Å². The molecule has 1 aromatic carbocycles. The van der Waals surface area contributed by atoms with Gasteiger partial charge in [0.25, 0.3) is 0 Å². The summed E-state index contributed by atoms with van der Waals surface area (Å²) in [6.45, 7) is 1.55. The van der Waals surface area contributed by atoms with Crippen LogP contribution in [0.3, 0.4) is 0 Å². The van der Waals surface area contributed by atoms with E-state index in [2.05, 4.69) is 0 Å². The molecule has 0 aromatic heterocycles. The molecule has 1 aromatic rings. The molecule has 1 unspecified atom stereocenters. The van der Waals surface area contributed by atoms with Crippen LogP contribution in [-0.2, 0) is 4.79 Å². The minimum Gasteiger partial charge on any atom is -0.479 e. The van der Waals surface area contributed by atoms with Crippen molar-refractivity contribution in [1.29, 1.82) is 0 Å². The summed E-state index contributed by atoms with van der Waals surface area (Å²) in [5.41, 5.74) is -1.31. The monoisotopic (exact) mass is 296 g/mol. The molecule has 1 heterocycles. The Balaban J connectivity index is 2.04. The van der Waals surface area contributed by atoms with Crippen LogP contribution < -0.4 is 4.90 Å². The maximum Gasteiger partial charge on any atom is 0.341 e. The van der Waals surface area contributed by atoms with E-state index in [0.29, 0.717) is 12.2 Å². The Bertz CT molecular complexity index is 531. The number of β-amino-alcohol motifs (C(OH)–C–C–N with tert-alkyl or cyclic N) is 1. The van der Waals surface area contributed by atoms with Gasteiger partial charge in [0.2, 0.25) is 6.17 Å². The van der Waals surface area contributed by atoms with Crippen molar-refractivity contribution < 1.29 is 24.2 Å². The van der Waals surface area contributed by atoms with Crippen molar-refractivity contribution in [3.63, 3.8) is 0 Å². The van der Waals surface area contributed by atoms with Gasteiger partial charge in [-0.1, -0.05) is 18.2 Å². The highest BCUT2D eigenvalue weighted by molar-refractivity contribution is 5.93. The highest BCUT2D eigenvalue weighted by atomic mass is 19.1. The van der Waals surface area contributed by atoms with E-state index in [1.165, 1.54) is 9.80 Å². The lowest BCUT2D eigenvalue weighted by Crippen LogP contribution is -2.70. The quantitative estimate of drug-likeness (QED) is 0.872. The van der Waals surface area contributed by atoms with Gasteiger partial charge in [0.15, 0.2) is 0 Å². The van der Waals surface area contributed by atoms with Crippen molar-refractivity contribution in [2.24, 2.45) is 0 Å². The zero-order chi connectivity index (χ0) is 15.6. The Morgan fingerprint density at radius 2 is 1.95 bits per heavy atom. The molecule has 0 bridgehead atoms. The molecule has 21 heavy (non-hydrogen) atoms. The van der Waals surface area contributed by atoms with Crippen LogP contribution in [0, 0.1) is 0 Å². The maximum atomic E-state index is 13.4. The number of amides is 2. The average Bonchev–Trinajstić information content (AvgIpc) is 2.44. The molecule has 114 valence electrons. The average molecular weight is 296 g/mol. The normalized spacial score (nSPS) is 17.8. The molecule has 0 saturated carbocycles. The minimum atomic E-state index is -2.40. The van der Waals surface area contributed by atoms with Gasteiger partial charge in [-0.15, -0.1) is 0 Å². The predicted octanol–water partition coefficient (Wildman–Crippen LogP) is 1.10. The fraction of sp³-hybridized carbons (Fsp3) is 0.429. The van der Waals surface area contributed by atoms with Crippen LogP contribution in [0.15, 0.2) is 30.3 Å². The SMILES string of the molecule is CCN(C(=O)N1CC(O)(C(F)C(=O)O)C1)c1ccccc1. The molecule has 1 saturated heterocycles. The van der Waals surface area contributed by atoms with Crippen molar-refractivity contribution in [1.82, 2.24) is 4.90 Å². The number of carboxylic acid groups (broad SMARTS) is 1. The molecular formula is C14H17FN2O4. The van der Waals surface area contributed by atoms with E-state index in [9.17, 15) is 19.1 Å². The van der Waals surface area contributed by atoms with Gasteiger partial charge in [-0.05, 0) is 19.1 Å². The van der Waals surface area contributed by atoms with Crippen LogP contribution >= 0.6 is 0 Å². The number of aliphatic carboxylic acids is 1. The zero-order valence-electron chi connectivity index (χ0n) is 11.6. The van der Waals surface area contributed by atoms with Crippen molar-refractivity contribution in [3.8, 4) is 0 Å².